The Morgan fingerprint density at radius 2 is 1.81 bits per heavy atom. The summed E-state index contributed by atoms with van der Waals surface area (Å²) < 4.78 is 0. The van der Waals surface area contributed by atoms with Gasteiger partial charge in [-0.25, -0.2) is 0 Å². The van der Waals surface area contributed by atoms with Gasteiger partial charge in [0.25, 0.3) is 0 Å². The van der Waals surface area contributed by atoms with Gasteiger partial charge < -0.3 is 4.90 Å². The van der Waals surface area contributed by atoms with E-state index in [2.05, 4.69) is 43.2 Å². The van der Waals surface area contributed by atoms with Crippen LogP contribution < -0.4 is 0 Å². The molecule has 0 N–H and O–H groups in total. The van der Waals surface area contributed by atoms with Gasteiger partial charge in [-0.2, -0.15) is 0 Å². The van der Waals surface area contributed by atoms with Gasteiger partial charge in [-0.05, 0) is 18.6 Å². The van der Waals surface area contributed by atoms with E-state index in [1.54, 1.807) is 0 Å². The van der Waals surface area contributed by atoms with Gasteiger partial charge in [0.05, 0.1) is 0 Å². The van der Waals surface area contributed by atoms with Crippen LogP contribution >= 0.6 is 0 Å². The van der Waals surface area contributed by atoms with E-state index in [0.717, 1.165) is 17.8 Å². The molecule has 1 heterocycles. The van der Waals surface area contributed by atoms with Crippen molar-refractivity contribution in [2.24, 2.45) is 0 Å². The minimum Gasteiger partial charge on any atom is -0.348 e. The number of likely N-dealkylation sites (N-methyl/N-ethyl adjacent to an activating group) is 1. The van der Waals surface area contributed by atoms with Crippen LogP contribution in [-0.2, 0) is 6.42 Å². The molecule has 0 spiro atoms. The van der Waals surface area contributed by atoms with E-state index < -0.39 is 0 Å². The van der Waals surface area contributed by atoms with Gasteiger partial charge in [0, 0.05) is 30.4 Å². The number of fused-ring (bicyclic) bond motifs is 1. The molecule has 1 aliphatic rings. The number of hydrogen-bond donors (Lipinski definition) is 0. The Labute approximate surface area is 99.1 Å². The first kappa shape index (κ1) is 12.6. The first-order valence-corrected chi connectivity index (χ1v) is 5.80. The van der Waals surface area contributed by atoms with Gasteiger partial charge in [-0.15, -0.1) is 0 Å². The van der Waals surface area contributed by atoms with Crippen LogP contribution in [-0.4, -0.2) is 11.9 Å². The average molecular weight is 215 g/mol. The fraction of sp³-hybridized carbons (Fsp3) is 0.333. The van der Waals surface area contributed by atoms with Crippen molar-refractivity contribution in [1.29, 1.82) is 0 Å². The third-order valence-corrected chi connectivity index (χ3v) is 2.85. The minimum atomic E-state index is 0.936. The lowest BCUT2D eigenvalue weighted by Crippen LogP contribution is -2.22. The molecule has 16 heavy (non-hydrogen) atoms. The summed E-state index contributed by atoms with van der Waals surface area (Å²) in [5, 5.41) is 0. The van der Waals surface area contributed by atoms with Crippen LogP contribution in [0.15, 0.2) is 37.1 Å². The van der Waals surface area contributed by atoms with Crippen molar-refractivity contribution in [3.05, 3.63) is 53.7 Å². The fourth-order valence-corrected chi connectivity index (χ4v) is 1.82. The van der Waals surface area contributed by atoms with Crippen molar-refractivity contribution in [1.82, 2.24) is 4.90 Å². The predicted molar refractivity (Wildman–Crippen MR) is 72.2 cm³/mol. The Balaban J connectivity index is 0.000000606. The third-order valence-electron chi connectivity index (χ3n) is 2.85. The summed E-state index contributed by atoms with van der Waals surface area (Å²) in [6.07, 6.45) is 0.936. The molecule has 0 unspecified atom stereocenters. The average Bonchev–Trinajstić information content (AvgIpc) is 2.30. The van der Waals surface area contributed by atoms with E-state index in [1.165, 1.54) is 16.7 Å². The zero-order valence-corrected chi connectivity index (χ0v) is 10.8. The van der Waals surface area contributed by atoms with Gasteiger partial charge in [0.15, 0.2) is 0 Å². The molecule has 1 nitrogen and oxygen atoms in total. The SMILES string of the molecule is C=C1Cc2ccc(C)cc2C(=C)N1C.CC. The Bertz CT molecular complexity index is 415. The van der Waals surface area contributed by atoms with Crippen LogP contribution in [0.2, 0.25) is 0 Å². The lowest BCUT2D eigenvalue weighted by Gasteiger charge is -2.31. The lowest BCUT2D eigenvalue weighted by atomic mass is 9.94. The molecular weight excluding hydrogens is 194 g/mol. The minimum absolute atomic E-state index is 0.936. The first-order valence-electron chi connectivity index (χ1n) is 5.80. The highest BCUT2D eigenvalue weighted by Crippen LogP contribution is 2.31. The fourth-order valence-electron chi connectivity index (χ4n) is 1.82. The number of allylic oxidation sites excluding steroid dienone is 1. The Kier molecular flexibility index (Phi) is 3.94. The summed E-state index contributed by atoms with van der Waals surface area (Å²) in [4.78, 5) is 2.07. The molecule has 0 radical (unpaired) electrons. The predicted octanol–water partition coefficient (Wildman–Crippen LogP) is 3.99. The second-order valence-electron chi connectivity index (χ2n) is 3.91. The van der Waals surface area contributed by atoms with Crippen molar-refractivity contribution in [2.45, 2.75) is 27.2 Å². The van der Waals surface area contributed by atoms with Gasteiger partial charge in [0.1, 0.15) is 0 Å². The number of aryl methyl sites for hydroxylation is 1. The molecule has 1 aromatic carbocycles. The Morgan fingerprint density at radius 1 is 1.19 bits per heavy atom. The van der Waals surface area contributed by atoms with Crippen LogP contribution in [0.25, 0.3) is 5.70 Å². The highest BCUT2D eigenvalue weighted by Gasteiger charge is 2.18. The molecule has 1 aromatic rings. The normalized spacial score (nSPS) is 14.1. The number of hydrogen-bond acceptors (Lipinski definition) is 1. The van der Waals surface area contributed by atoms with Crippen molar-refractivity contribution in [2.75, 3.05) is 7.05 Å². The monoisotopic (exact) mass is 215 g/mol. The largest absolute Gasteiger partial charge is 0.348 e. The molecule has 0 aromatic heterocycles. The second-order valence-corrected chi connectivity index (χ2v) is 3.91. The third kappa shape index (κ3) is 2.19. The molecule has 0 saturated carbocycles. The molecule has 0 fully saturated rings. The van der Waals surface area contributed by atoms with Crippen molar-refractivity contribution in [3.63, 3.8) is 0 Å². The molecule has 86 valence electrons. The van der Waals surface area contributed by atoms with Crippen LogP contribution in [0.5, 0.6) is 0 Å². The van der Waals surface area contributed by atoms with Crippen LogP contribution in [0.3, 0.4) is 0 Å². The van der Waals surface area contributed by atoms with Gasteiger partial charge in [-0.3, -0.25) is 0 Å². The maximum atomic E-state index is 4.09. The Hall–Kier alpha value is -1.50. The van der Waals surface area contributed by atoms with Crippen LogP contribution in [0.4, 0.5) is 0 Å². The van der Waals surface area contributed by atoms with E-state index in [-0.39, 0.29) is 0 Å². The van der Waals surface area contributed by atoms with E-state index in [1.807, 2.05) is 20.9 Å². The molecule has 0 amide bonds. The lowest BCUT2D eigenvalue weighted by molar-refractivity contribution is 0.566. The topological polar surface area (TPSA) is 3.24 Å². The number of rotatable bonds is 0. The van der Waals surface area contributed by atoms with E-state index in [9.17, 15) is 0 Å². The van der Waals surface area contributed by atoms with Crippen LogP contribution in [0, 0.1) is 6.92 Å². The second kappa shape index (κ2) is 5.02. The van der Waals surface area contributed by atoms with E-state index in [4.69, 9.17) is 0 Å². The maximum Gasteiger partial charge on any atom is 0.0409 e. The maximum absolute atomic E-state index is 4.09. The quantitative estimate of drug-likeness (QED) is 0.632. The first-order chi connectivity index (χ1) is 7.59. The molecule has 0 bridgehead atoms. The summed E-state index contributed by atoms with van der Waals surface area (Å²) in [7, 11) is 2.02. The van der Waals surface area contributed by atoms with Gasteiger partial charge >= 0.3 is 0 Å². The molecule has 1 heteroatoms. The zero-order valence-electron chi connectivity index (χ0n) is 10.8. The van der Waals surface area contributed by atoms with Crippen molar-refractivity contribution in [3.8, 4) is 0 Å². The molecule has 0 atom stereocenters. The molecule has 1 aliphatic heterocycles. The summed E-state index contributed by atoms with van der Waals surface area (Å²) in [6.45, 7) is 14.2. The van der Waals surface area contributed by atoms with Gasteiger partial charge in [-0.1, -0.05) is 44.7 Å². The van der Waals surface area contributed by atoms with E-state index >= 15 is 0 Å². The molecule has 0 aliphatic carbocycles. The summed E-state index contributed by atoms with van der Waals surface area (Å²) in [6, 6.07) is 6.51. The summed E-state index contributed by atoms with van der Waals surface area (Å²) >= 11 is 0. The highest BCUT2D eigenvalue weighted by atomic mass is 15.1. The summed E-state index contributed by atoms with van der Waals surface area (Å²) in [5.41, 5.74) is 6.06. The molecule has 0 saturated heterocycles. The molecule has 2 rings (SSSR count). The number of benzene rings is 1. The zero-order chi connectivity index (χ0) is 12.3. The van der Waals surface area contributed by atoms with E-state index in [0.29, 0.717) is 0 Å². The number of nitrogens with zero attached hydrogens (tertiary/aromatic N) is 1. The van der Waals surface area contributed by atoms with Crippen molar-refractivity contribution >= 4 is 5.70 Å². The van der Waals surface area contributed by atoms with Gasteiger partial charge in [0.2, 0.25) is 0 Å². The van der Waals surface area contributed by atoms with Crippen molar-refractivity contribution < 1.29 is 0 Å². The molecular formula is C15H21N. The van der Waals surface area contributed by atoms with Crippen LogP contribution in [0.1, 0.15) is 30.5 Å². The standard InChI is InChI=1S/C13H15N.C2H6/c1-9-5-6-12-8-10(2)14(4)11(3)13(12)7-9;1-2/h5-7H,2-3,8H2,1,4H3;1-2H3. The Morgan fingerprint density at radius 3 is 2.44 bits per heavy atom. The highest BCUT2D eigenvalue weighted by molar-refractivity contribution is 5.69. The smallest absolute Gasteiger partial charge is 0.0409 e. The summed E-state index contributed by atoms with van der Waals surface area (Å²) in [5.74, 6) is 0.